The topological polar surface area (TPSA) is 83.0 Å². The maximum absolute atomic E-state index is 12.8. The average Bonchev–Trinajstić information content (AvgIpc) is 2.80. The van der Waals surface area contributed by atoms with Gasteiger partial charge in [-0.1, -0.05) is 30.3 Å². The molecule has 3 rings (SSSR count). The molecule has 0 bridgehead atoms. The van der Waals surface area contributed by atoms with Gasteiger partial charge in [0.2, 0.25) is 10.0 Å². The molecule has 1 heterocycles. The maximum Gasteiger partial charge on any atom is 0.243 e. The summed E-state index contributed by atoms with van der Waals surface area (Å²) in [6.45, 7) is 4.48. The summed E-state index contributed by atoms with van der Waals surface area (Å²) in [4.78, 5) is 4.67. The van der Waals surface area contributed by atoms with Crippen molar-refractivity contribution in [3.8, 4) is 5.75 Å². The smallest absolute Gasteiger partial charge is 0.243 e. The lowest BCUT2D eigenvalue weighted by Crippen LogP contribution is -2.44. The molecular formula is C23H33IN4O3S. The number of nitrogens with one attached hydrogen (secondary N) is 2. The first-order valence-electron chi connectivity index (χ1n) is 10.6. The molecular weight excluding hydrogens is 539 g/mol. The summed E-state index contributed by atoms with van der Waals surface area (Å²) in [5.74, 6) is 1.98. The largest absolute Gasteiger partial charge is 0.496 e. The van der Waals surface area contributed by atoms with Gasteiger partial charge in [0.25, 0.3) is 0 Å². The zero-order chi connectivity index (χ0) is 22.3. The van der Waals surface area contributed by atoms with Gasteiger partial charge in [-0.3, -0.25) is 4.99 Å². The van der Waals surface area contributed by atoms with E-state index in [1.54, 1.807) is 42.7 Å². The number of ether oxygens (including phenoxy) is 1. The Labute approximate surface area is 208 Å². The molecule has 9 heteroatoms. The van der Waals surface area contributed by atoms with Gasteiger partial charge in [0.15, 0.2) is 5.96 Å². The Morgan fingerprint density at radius 1 is 1.12 bits per heavy atom. The van der Waals surface area contributed by atoms with Crippen molar-refractivity contribution < 1.29 is 13.2 Å². The molecule has 32 heavy (non-hydrogen) atoms. The van der Waals surface area contributed by atoms with E-state index in [9.17, 15) is 8.42 Å². The van der Waals surface area contributed by atoms with E-state index < -0.39 is 10.0 Å². The van der Waals surface area contributed by atoms with Crippen molar-refractivity contribution in [3.05, 3.63) is 59.7 Å². The number of guanidine groups is 1. The number of methoxy groups -OCH3 is 1. The number of piperidine rings is 1. The Balaban J connectivity index is 0.00000363. The van der Waals surface area contributed by atoms with E-state index >= 15 is 0 Å². The lowest BCUT2D eigenvalue weighted by atomic mass is 9.98. The van der Waals surface area contributed by atoms with Crippen LogP contribution in [-0.2, 0) is 16.6 Å². The SMILES string of the molecule is CN=C(NCc1ccc(C)cc1OC)NCC1CCN(S(=O)(=O)c2ccccc2)CC1.I. The van der Waals surface area contributed by atoms with Crippen LogP contribution in [0.5, 0.6) is 5.75 Å². The standard InChI is InChI=1S/C23H32N4O3S.HI/c1-18-9-10-20(22(15-18)30-3)17-26-23(24-2)25-16-19-11-13-27(14-12-19)31(28,29)21-7-5-4-6-8-21;/h4-10,15,19H,11-14,16-17H2,1-3H3,(H2,24,25,26);1H. The Morgan fingerprint density at radius 3 is 2.44 bits per heavy atom. The molecule has 2 N–H and O–H groups in total. The second-order valence-corrected chi connectivity index (χ2v) is 9.72. The monoisotopic (exact) mass is 572 g/mol. The lowest BCUT2D eigenvalue weighted by molar-refractivity contribution is 0.273. The molecule has 0 unspecified atom stereocenters. The summed E-state index contributed by atoms with van der Waals surface area (Å²) < 4.78 is 32.6. The van der Waals surface area contributed by atoms with E-state index in [0.29, 0.717) is 30.4 Å². The van der Waals surface area contributed by atoms with Gasteiger partial charge in [-0.2, -0.15) is 4.31 Å². The fourth-order valence-electron chi connectivity index (χ4n) is 3.73. The highest BCUT2D eigenvalue weighted by molar-refractivity contribution is 14.0. The van der Waals surface area contributed by atoms with E-state index in [1.807, 2.05) is 19.1 Å². The van der Waals surface area contributed by atoms with Crippen LogP contribution in [0.15, 0.2) is 58.4 Å². The van der Waals surface area contributed by atoms with E-state index in [1.165, 1.54) is 0 Å². The van der Waals surface area contributed by atoms with Gasteiger partial charge in [-0.05, 0) is 49.4 Å². The molecule has 1 aliphatic rings. The first-order chi connectivity index (χ1) is 14.9. The molecule has 0 spiro atoms. The molecule has 1 fully saturated rings. The van der Waals surface area contributed by atoms with Crippen LogP contribution < -0.4 is 15.4 Å². The van der Waals surface area contributed by atoms with Crippen LogP contribution >= 0.6 is 24.0 Å². The number of benzene rings is 2. The summed E-state index contributed by atoms with van der Waals surface area (Å²) in [5.41, 5.74) is 2.22. The summed E-state index contributed by atoms with van der Waals surface area (Å²) in [6, 6.07) is 14.8. The lowest BCUT2D eigenvalue weighted by Gasteiger charge is -2.31. The Morgan fingerprint density at radius 2 is 1.81 bits per heavy atom. The fourth-order valence-corrected chi connectivity index (χ4v) is 5.22. The van der Waals surface area contributed by atoms with Crippen molar-refractivity contribution in [3.63, 3.8) is 0 Å². The van der Waals surface area contributed by atoms with E-state index in [4.69, 9.17) is 4.74 Å². The third-order valence-corrected chi connectivity index (χ3v) is 7.54. The molecule has 2 aromatic rings. The van der Waals surface area contributed by atoms with Gasteiger partial charge in [0.05, 0.1) is 12.0 Å². The van der Waals surface area contributed by atoms with Crippen LogP contribution in [0.3, 0.4) is 0 Å². The van der Waals surface area contributed by atoms with Crippen LogP contribution in [-0.4, -0.2) is 52.5 Å². The van der Waals surface area contributed by atoms with Crippen LogP contribution in [0.2, 0.25) is 0 Å². The van der Waals surface area contributed by atoms with E-state index in [0.717, 1.165) is 42.2 Å². The van der Waals surface area contributed by atoms with Gasteiger partial charge in [-0.15, -0.1) is 24.0 Å². The van der Waals surface area contributed by atoms with Gasteiger partial charge in [0.1, 0.15) is 5.75 Å². The summed E-state index contributed by atoms with van der Waals surface area (Å²) in [6.07, 6.45) is 1.64. The molecule has 7 nitrogen and oxygen atoms in total. The zero-order valence-electron chi connectivity index (χ0n) is 18.9. The van der Waals surface area contributed by atoms with E-state index in [2.05, 4.69) is 27.8 Å². The predicted molar refractivity (Wildman–Crippen MR) is 139 cm³/mol. The molecule has 0 aromatic heterocycles. The van der Waals surface area contributed by atoms with Crippen molar-refractivity contribution >= 4 is 40.0 Å². The quantitative estimate of drug-likeness (QED) is 0.302. The second kappa shape index (κ2) is 12.4. The molecule has 0 atom stereocenters. The second-order valence-electron chi connectivity index (χ2n) is 7.78. The van der Waals surface area contributed by atoms with E-state index in [-0.39, 0.29) is 24.0 Å². The van der Waals surface area contributed by atoms with Crippen molar-refractivity contribution in [1.82, 2.24) is 14.9 Å². The van der Waals surface area contributed by atoms with Crippen molar-refractivity contribution in [2.24, 2.45) is 10.9 Å². The highest BCUT2D eigenvalue weighted by Gasteiger charge is 2.29. The molecule has 1 aliphatic heterocycles. The third-order valence-electron chi connectivity index (χ3n) is 5.63. The third kappa shape index (κ3) is 6.82. The van der Waals surface area contributed by atoms with Crippen LogP contribution in [0.1, 0.15) is 24.0 Å². The predicted octanol–water partition coefficient (Wildman–Crippen LogP) is 3.39. The highest BCUT2D eigenvalue weighted by Crippen LogP contribution is 2.23. The average molecular weight is 573 g/mol. The van der Waals surface area contributed by atoms with Gasteiger partial charge in [-0.25, -0.2) is 8.42 Å². The van der Waals surface area contributed by atoms with Crippen molar-refractivity contribution in [1.29, 1.82) is 0 Å². The molecule has 2 aromatic carbocycles. The summed E-state index contributed by atoms with van der Waals surface area (Å²) in [5, 5.41) is 6.70. The Hall–Kier alpha value is -1.85. The number of rotatable bonds is 7. The van der Waals surface area contributed by atoms with Crippen molar-refractivity contribution in [2.75, 3.05) is 33.8 Å². The number of hydrogen-bond acceptors (Lipinski definition) is 4. The minimum Gasteiger partial charge on any atom is -0.496 e. The number of aliphatic imine (C=N–C) groups is 1. The first kappa shape index (κ1) is 26.4. The number of hydrogen-bond donors (Lipinski definition) is 2. The Kier molecular flexibility index (Phi) is 10.2. The summed E-state index contributed by atoms with van der Waals surface area (Å²) in [7, 11) is 0.0177. The zero-order valence-corrected chi connectivity index (χ0v) is 22.0. The van der Waals surface area contributed by atoms with Crippen LogP contribution in [0.25, 0.3) is 0 Å². The number of aryl methyl sites for hydroxylation is 1. The Bertz CT molecular complexity index is 992. The normalized spacial score (nSPS) is 15.7. The highest BCUT2D eigenvalue weighted by atomic mass is 127. The number of halogens is 1. The van der Waals surface area contributed by atoms with Gasteiger partial charge in [0, 0.05) is 38.8 Å². The fraction of sp³-hybridized carbons (Fsp3) is 0.435. The van der Waals surface area contributed by atoms with Crippen LogP contribution in [0.4, 0.5) is 0 Å². The minimum absolute atomic E-state index is 0. The van der Waals surface area contributed by atoms with Crippen molar-refractivity contribution in [2.45, 2.75) is 31.2 Å². The maximum atomic E-state index is 12.8. The first-order valence-corrected chi connectivity index (χ1v) is 12.0. The molecule has 0 aliphatic carbocycles. The number of sulfonamides is 1. The molecule has 0 radical (unpaired) electrons. The van der Waals surface area contributed by atoms with Crippen LogP contribution in [0, 0.1) is 12.8 Å². The van der Waals surface area contributed by atoms with Gasteiger partial charge >= 0.3 is 0 Å². The molecule has 1 saturated heterocycles. The molecule has 0 saturated carbocycles. The number of nitrogens with zero attached hydrogens (tertiary/aromatic N) is 2. The molecule has 0 amide bonds. The minimum atomic E-state index is -3.41. The molecule has 176 valence electrons. The van der Waals surface area contributed by atoms with Gasteiger partial charge < -0.3 is 15.4 Å². The summed E-state index contributed by atoms with van der Waals surface area (Å²) >= 11 is 0.